The minimum atomic E-state index is 0.800. The molecule has 1 aromatic carbocycles. The van der Waals surface area contributed by atoms with Crippen LogP contribution in [0.5, 0.6) is 11.5 Å². The minimum Gasteiger partial charge on any atom is -0.493 e. The number of hydrogen-bond donors (Lipinski definition) is 0. The second-order valence-corrected chi connectivity index (χ2v) is 6.59. The molecule has 0 amide bonds. The standard InChI is InChI=1S/C22H37O2/c1-4-7-10-12-15-23-21-17-20(14-9-6-3)18-22(19-21)24-16-13-11-8-5-2/h17-19H,3-16H2,1-2H3. The lowest BCUT2D eigenvalue weighted by atomic mass is 10.1. The Bertz CT molecular complexity index is 382. The molecule has 0 saturated heterocycles. The Morgan fingerprint density at radius 2 is 1.25 bits per heavy atom. The molecule has 0 aliphatic carbocycles. The normalized spacial score (nSPS) is 10.8. The predicted molar refractivity (Wildman–Crippen MR) is 104 cm³/mol. The molecule has 137 valence electrons. The topological polar surface area (TPSA) is 18.5 Å². The third-order valence-electron chi connectivity index (χ3n) is 4.19. The Labute approximate surface area is 149 Å². The summed E-state index contributed by atoms with van der Waals surface area (Å²) < 4.78 is 11.9. The lowest BCUT2D eigenvalue weighted by molar-refractivity contribution is 0.290. The Balaban J connectivity index is 2.52. The molecule has 0 aromatic heterocycles. The minimum absolute atomic E-state index is 0.800. The van der Waals surface area contributed by atoms with Gasteiger partial charge in [-0.1, -0.05) is 65.7 Å². The number of rotatable bonds is 15. The number of unbranched alkanes of at least 4 members (excludes halogenated alkanes) is 7. The molecule has 2 nitrogen and oxygen atoms in total. The molecule has 0 bridgehead atoms. The zero-order chi connectivity index (χ0) is 17.5. The molecule has 0 spiro atoms. The van der Waals surface area contributed by atoms with Crippen molar-refractivity contribution in [2.24, 2.45) is 0 Å². The van der Waals surface area contributed by atoms with Crippen molar-refractivity contribution in [3.05, 3.63) is 30.7 Å². The number of benzene rings is 1. The quantitative estimate of drug-likeness (QED) is 0.330. The second kappa shape index (κ2) is 14.2. The summed E-state index contributed by atoms with van der Waals surface area (Å²) in [6.45, 7) is 10.0. The van der Waals surface area contributed by atoms with E-state index in [1.165, 1.54) is 44.1 Å². The van der Waals surface area contributed by atoms with Crippen LogP contribution in [0.4, 0.5) is 0 Å². The Hall–Kier alpha value is -1.18. The van der Waals surface area contributed by atoms with Crippen LogP contribution in [-0.2, 0) is 6.42 Å². The Morgan fingerprint density at radius 3 is 1.71 bits per heavy atom. The third kappa shape index (κ3) is 9.85. The molecule has 0 fully saturated rings. The van der Waals surface area contributed by atoms with Crippen LogP contribution in [0, 0.1) is 6.92 Å². The molecule has 0 aliphatic rings. The van der Waals surface area contributed by atoms with Gasteiger partial charge in [-0.05, 0) is 43.4 Å². The molecule has 0 aliphatic heterocycles. The molecule has 2 heteroatoms. The molecule has 0 atom stereocenters. The van der Waals surface area contributed by atoms with Gasteiger partial charge in [-0.3, -0.25) is 0 Å². The van der Waals surface area contributed by atoms with E-state index in [2.05, 4.69) is 32.9 Å². The first-order valence-electron chi connectivity index (χ1n) is 9.99. The first-order valence-corrected chi connectivity index (χ1v) is 9.99. The molecule has 24 heavy (non-hydrogen) atoms. The van der Waals surface area contributed by atoms with Crippen LogP contribution in [-0.4, -0.2) is 13.2 Å². The number of hydrogen-bond acceptors (Lipinski definition) is 2. The van der Waals surface area contributed by atoms with Crippen molar-refractivity contribution >= 4 is 0 Å². The molecule has 0 unspecified atom stereocenters. The number of aryl methyl sites for hydroxylation is 1. The first kappa shape index (κ1) is 20.9. The smallest absolute Gasteiger partial charge is 0.123 e. The van der Waals surface area contributed by atoms with Gasteiger partial charge in [0.25, 0.3) is 0 Å². The summed E-state index contributed by atoms with van der Waals surface area (Å²) in [5.41, 5.74) is 1.30. The molecule has 1 radical (unpaired) electrons. The van der Waals surface area contributed by atoms with E-state index in [-0.39, 0.29) is 0 Å². The van der Waals surface area contributed by atoms with Gasteiger partial charge in [-0.25, -0.2) is 0 Å². The lowest BCUT2D eigenvalue weighted by Gasteiger charge is -2.12. The SMILES string of the molecule is [CH2]CCCc1cc(OCCCCCC)cc(OCCCCCC)c1. The Kier molecular flexibility index (Phi) is 12.3. The van der Waals surface area contributed by atoms with Gasteiger partial charge in [0.15, 0.2) is 0 Å². The summed E-state index contributed by atoms with van der Waals surface area (Å²) in [6, 6.07) is 6.38. The van der Waals surface area contributed by atoms with Gasteiger partial charge in [-0.15, -0.1) is 0 Å². The van der Waals surface area contributed by atoms with Crippen molar-refractivity contribution in [2.45, 2.75) is 84.5 Å². The van der Waals surface area contributed by atoms with Gasteiger partial charge >= 0.3 is 0 Å². The van der Waals surface area contributed by atoms with E-state index < -0.39 is 0 Å². The molecule has 1 aromatic rings. The highest BCUT2D eigenvalue weighted by molar-refractivity contribution is 5.38. The molecule has 1 rings (SSSR count). The molecule has 0 heterocycles. The van der Waals surface area contributed by atoms with Crippen molar-refractivity contribution in [2.75, 3.05) is 13.2 Å². The van der Waals surface area contributed by atoms with E-state index >= 15 is 0 Å². The van der Waals surface area contributed by atoms with Gasteiger partial charge in [-0.2, -0.15) is 0 Å². The monoisotopic (exact) mass is 333 g/mol. The maximum absolute atomic E-state index is 5.96. The molecular formula is C22H37O2. The van der Waals surface area contributed by atoms with Crippen LogP contribution in [0.15, 0.2) is 18.2 Å². The number of ether oxygens (including phenoxy) is 2. The predicted octanol–water partition coefficient (Wildman–Crippen LogP) is 6.76. The Morgan fingerprint density at radius 1 is 0.708 bits per heavy atom. The van der Waals surface area contributed by atoms with E-state index in [4.69, 9.17) is 9.47 Å². The van der Waals surface area contributed by atoms with E-state index in [1.54, 1.807) is 0 Å². The van der Waals surface area contributed by atoms with Gasteiger partial charge in [0, 0.05) is 6.07 Å². The van der Waals surface area contributed by atoms with Crippen molar-refractivity contribution < 1.29 is 9.47 Å². The second-order valence-electron chi connectivity index (χ2n) is 6.59. The highest BCUT2D eigenvalue weighted by atomic mass is 16.5. The van der Waals surface area contributed by atoms with Crippen molar-refractivity contribution in [3.63, 3.8) is 0 Å². The van der Waals surface area contributed by atoms with E-state index in [9.17, 15) is 0 Å². The zero-order valence-electron chi connectivity index (χ0n) is 15.9. The molecule has 0 N–H and O–H groups in total. The van der Waals surface area contributed by atoms with Crippen LogP contribution < -0.4 is 9.47 Å². The fourth-order valence-electron chi connectivity index (χ4n) is 2.71. The third-order valence-corrected chi connectivity index (χ3v) is 4.19. The van der Waals surface area contributed by atoms with E-state index in [0.29, 0.717) is 0 Å². The maximum atomic E-state index is 5.96. The van der Waals surface area contributed by atoms with E-state index in [1.807, 2.05) is 6.07 Å². The van der Waals surface area contributed by atoms with Crippen LogP contribution in [0.25, 0.3) is 0 Å². The summed E-state index contributed by atoms with van der Waals surface area (Å²) >= 11 is 0. The van der Waals surface area contributed by atoms with Crippen molar-refractivity contribution in [3.8, 4) is 11.5 Å². The van der Waals surface area contributed by atoms with Crippen molar-refractivity contribution in [1.29, 1.82) is 0 Å². The summed E-state index contributed by atoms with van der Waals surface area (Å²) in [4.78, 5) is 0. The van der Waals surface area contributed by atoms with Gasteiger partial charge < -0.3 is 9.47 Å². The highest BCUT2D eigenvalue weighted by Gasteiger charge is 2.04. The molecule has 0 saturated carbocycles. The van der Waals surface area contributed by atoms with Gasteiger partial charge in [0.05, 0.1) is 13.2 Å². The highest BCUT2D eigenvalue weighted by Crippen LogP contribution is 2.25. The summed E-state index contributed by atoms with van der Waals surface area (Å²) in [5, 5.41) is 0. The lowest BCUT2D eigenvalue weighted by Crippen LogP contribution is -2.01. The van der Waals surface area contributed by atoms with E-state index in [0.717, 1.165) is 56.8 Å². The van der Waals surface area contributed by atoms with Crippen LogP contribution in [0.1, 0.15) is 83.6 Å². The van der Waals surface area contributed by atoms with Crippen LogP contribution >= 0.6 is 0 Å². The molecular weight excluding hydrogens is 296 g/mol. The fourth-order valence-corrected chi connectivity index (χ4v) is 2.71. The van der Waals surface area contributed by atoms with Crippen LogP contribution in [0.2, 0.25) is 0 Å². The first-order chi connectivity index (χ1) is 11.8. The summed E-state index contributed by atoms with van der Waals surface area (Å²) in [7, 11) is 0. The largest absolute Gasteiger partial charge is 0.493 e. The van der Waals surface area contributed by atoms with Crippen LogP contribution in [0.3, 0.4) is 0 Å². The summed E-state index contributed by atoms with van der Waals surface area (Å²) in [6.07, 6.45) is 13.0. The summed E-state index contributed by atoms with van der Waals surface area (Å²) in [5.74, 6) is 1.91. The average Bonchev–Trinajstić information content (AvgIpc) is 2.59. The maximum Gasteiger partial charge on any atom is 0.123 e. The van der Waals surface area contributed by atoms with Gasteiger partial charge in [0.1, 0.15) is 11.5 Å². The fraction of sp³-hybridized carbons (Fsp3) is 0.682. The zero-order valence-corrected chi connectivity index (χ0v) is 15.9. The average molecular weight is 334 g/mol. The van der Waals surface area contributed by atoms with Gasteiger partial charge in [0.2, 0.25) is 0 Å². The van der Waals surface area contributed by atoms with Crippen molar-refractivity contribution in [1.82, 2.24) is 0 Å².